The van der Waals surface area contributed by atoms with Crippen LogP contribution >= 0.6 is 11.3 Å². The van der Waals surface area contributed by atoms with E-state index in [4.69, 9.17) is 4.74 Å². The summed E-state index contributed by atoms with van der Waals surface area (Å²) in [5, 5.41) is 2.80. The standard InChI is InChI=1S/C13H17NO2S/c1-8(12-14-4-5-17-12)16-13(15)11-7-9-2-3-10(11)6-9/h4-5,8-11H,2-3,6-7H2,1H3/t8-,9-,10-,11-/m0/s1. The van der Waals surface area contributed by atoms with Crippen molar-refractivity contribution < 1.29 is 9.53 Å². The highest BCUT2D eigenvalue weighted by molar-refractivity contribution is 7.09. The summed E-state index contributed by atoms with van der Waals surface area (Å²) in [6.07, 6.45) is 6.38. The van der Waals surface area contributed by atoms with Gasteiger partial charge in [0.15, 0.2) is 6.10 Å². The van der Waals surface area contributed by atoms with Crippen molar-refractivity contribution in [2.45, 2.75) is 38.7 Å². The van der Waals surface area contributed by atoms with Crippen LogP contribution in [0.1, 0.15) is 43.7 Å². The van der Waals surface area contributed by atoms with Gasteiger partial charge in [-0.2, -0.15) is 0 Å². The Morgan fingerprint density at radius 1 is 1.53 bits per heavy atom. The first-order valence-corrected chi connectivity index (χ1v) is 7.22. The predicted molar refractivity (Wildman–Crippen MR) is 65.6 cm³/mol. The third-order valence-corrected chi connectivity index (χ3v) is 5.07. The second-order valence-electron chi connectivity index (χ2n) is 5.23. The molecule has 0 N–H and O–H groups in total. The van der Waals surface area contributed by atoms with Gasteiger partial charge in [0.1, 0.15) is 5.01 Å². The molecular weight excluding hydrogens is 234 g/mol. The van der Waals surface area contributed by atoms with Gasteiger partial charge in [0, 0.05) is 11.6 Å². The smallest absolute Gasteiger partial charge is 0.309 e. The van der Waals surface area contributed by atoms with E-state index in [1.165, 1.54) is 19.3 Å². The molecule has 2 aliphatic carbocycles. The molecule has 1 aromatic heterocycles. The quantitative estimate of drug-likeness (QED) is 0.774. The molecule has 0 radical (unpaired) electrons. The van der Waals surface area contributed by atoms with E-state index in [9.17, 15) is 4.79 Å². The Morgan fingerprint density at radius 2 is 2.41 bits per heavy atom. The number of hydrogen-bond acceptors (Lipinski definition) is 4. The van der Waals surface area contributed by atoms with E-state index in [0.29, 0.717) is 5.92 Å². The Balaban J connectivity index is 1.60. The third kappa shape index (κ3) is 2.10. The van der Waals surface area contributed by atoms with Crippen molar-refractivity contribution in [3.63, 3.8) is 0 Å². The highest BCUT2D eigenvalue weighted by atomic mass is 32.1. The normalized spacial score (nSPS) is 32.6. The second-order valence-corrected chi connectivity index (χ2v) is 6.16. The average Bonchev–Trinajstić information content (AvgIpc) is 3.05. The van der Waals surface area contributed by atoms with Gasteiger partial charge < -0.3 is 4.74 Å². The highest BCUT2D eigenvalue weighted by Gasteiger charge is 2.44. The van der Waals surface area contributed by atoms with Crippen molar-refractivity contribution in [2.75, 3.05) is 0 Å². The predicted octanol–water partition coefficient (Wildman–Crippen LogP) is 3.18. The molecule has 0 amide bonds. The van der Waals surface area contributed by atoms with Crippen molar-refractivity contribution in [1.29, 1.82) is 0 Å². The maximum absolute atomic E-state index is 12.1. The average molecular weight is 251 g/mol. The molecule has 92 valence electrons. The minimum Gasteiger partial charge on any atom is -0.455 e. The lowest BCUT2D eigenvalue weighted by Crippen LogP contribution is -2.24. The Labute approximate surface area is 105 Å². The van der Waals surface area contributed by atoms with Crippen molar-refractivity contribution in [2.24, 2.45) is 17.8 Å². The van der Waals surface area contributed by atoms with Crippen LogP contribution in [0.5, 0.6) is 0 Å². The third-order valence-electron chi connectivity index (χ3n) is 4.13. The Bertz CT molecular complexity index is 404. The zero-order valence-electron chi connectivity index (χ0n) is 9.96. The molecule has 3 nitrogen and oxygen atoms in total. The van der Waals surface area contributed by atoms with Crippen molar-refractivity contribution in [3.8, 4) is 0 Å². The van der Waals surface area contributed by atoms with Crippen LogP contribution in [0.15, 0.2) is 11.6 Å². The second kappa shape index (κ2) is 4.41. The zero-order chi connectivity index (χ0) is 11.8. The van der Waals surface area contributed by atoms with E-state index in [0.717, 1.165) is 17.3 Å². The fraction of sp³-hybridized carbons (Fsp3) is 0.692. The van der Waals surface area contributed by atoms with Crippen LogP contribution in [-0.4, -0.2) is 11.0 Å². The first kappa shape index (κ1) is 11.2. The van der Waals surface area contributed by atoms with Gasteiger partial charge in [-0.05, 0) is 38.0 Å². The highest BCUT2D eigenvalue weighted by Crippen LogP contribution is 2.49. The molecule has 0 spiro atoms. The fourth-order valence-corrected chi connectivity index (χ4v) is 3.90. The number of carbonyl (C=O) groups excluding carboxylic acids is 1. The SMILES string of the molecule is C[C@H](OC(=O)[C@H]1C[C@H]2CC[C@H]1C2)c1nccs1. The van der Waals surface area contributed by atoms with E-state index in [1.54, 1.807) is 17.5 Å². The summed E-state index contributed by atoms with van der Waals surface area (Å²) in [6.45, 7) is 1.91. The van der Waals surface area contributed by atoms with Crippen LogP contribution in [0.4, 0.5) is 0 Å². The molecule has 1 aromatic rings. The van der Waals surface area contributed by atoms with E-state index in [2.05, 4.69) is 4.98 Å². The van der Waals surface area contributed by atoms with Crippen molar-refractivity contribution >= 4 is 17.3 Å². The van der Waals surface area contributed by atoms with Crippen molar-refractivity contribution in [1.82, 2.24) is 4.98 Å². The molecule has 0 unspecified atom stereocenters. The molecule has 3 rings (SSSR count). The monoisotopic (exact) mass is 251 g/mol. The van der Waals surface area contributed by atoms with E-state index in [1.807, 2.05) is 12.3 Å². The lowest BCUT2D eigenvalue weighted by Gasteiger charge is -2.21. The van der Waals surface area contributed by atoms with E-state index in [-0.39, 0.29) is 18.0 Å². The number of hydrogen-bond donors (Lipinski definition) is 0. The van der Waals surface area contributed by atoms with E-state index >= 15 is 0 Å². The van der Waals surface area contributed by atoms with Crippen LogP contribution < -0.4 is 0 Å². The van der Waals surface area contributed by atoms with Gasteiger partial charge in [-0.1, -0.05) is 6.42 Å². The van der Waals surface area contributed by atoms with Gasteiger partial charge in [0.05, 0.1) is 5.92 Å². The van der Waals surface area contributed by atoms with Crippen LogP contribution in [-0.2, 0) is 9.53 Å². The largest absolute Gasteiger partial charge is 0.455 e. The fourth-order valence-electron chi connectivity index (χ4n) is 3.28. The number of esters is 1. The maximum Gasteiger partial charge on any atom is 0.309 e. The number of rotatable bonds is 3. The van der Waals surface area contributed by atoms with Gasteiger partial charge in [-0.15, -0.1) is 11.3 Å². The summed E-state index contributed by atoms with van der Waals surface area (Å²) in [5.41, 5.74) is 0. The molecule has 4 heteroatoms. The summed E-state index contributed by atoms with van der Waals surface area (Å²) >= 11 is 1.54. The summed E-state index contributed by atoms with van der Waals surface area (Å²) in [6, 6.07) is 0. The van der Waals surface area contributed by atoms with Gasteiger partial charge in [0.25, 0.3) is 0 Å². The molecule has 2 fully saturated rings. The number of aromatic nitrogens is 1. The van der Waals surface area contributed by atoms with Gasteiger partial charge in [-0.3, -0.25) is 4.79 Å². The number of carbonyl (C=O) groups is 1. The van der Waals surface area contributed by atoms with Crippen molar-refractivity contribution in [3.05, 3.63) is 16.6 Å². The molecule has 2 aliphatic rings. The molecule has 4 atom stereocenters. The first-order valence-electron chi connectivity index (χ1n) is 6.34. The number of ether oxygens (including phenoxy) is 1. The Kier molecular flexibility index (Phi) is 2.90. The van der Waals surface area contributed by atoms with Gasteiger partial charge >= 0.3 is 5.97 Å². The topological polar surface area (TPSA) is 39.2 Å². The van der Waals surface area contributed by atoms with Crippen LogP contribution in [0.3, 0.4) is 0 Å². The molecular formula is C13H17NO2S. The molecule has 17 heavy (non-hydrogen) atoms. The lowest BCUT2D eigenvalue weighted by atomic mass is 9.89. The Morgan fingerprint density at radius 3 is 3.00 bits per heavy atom. The van der Waals surface area contributed by atoms with Gasteiger partial charge in [0.2, 0.25) is 0 Å². The number of thiazole rings is 1. The van der Waals surface area contributed by atoms with Gasteiger partial charge in [-0.25, -0.2) is 4.98 Å². The molecule has 0 aliphatic heterocycles. The maximum atomic E-state index is 12.1. The number of fused-ring (bicyclic) bond motifs is 2. The minimum atomic E-state index is -0.193. The molecule has 0 saturated heterocycles. The first-order chi connectivity index (χ1) is 8.24. The molecule has 0 aromatic carbocycles. The summed E-state index contributed by atoms with van der Waals surface area (Å²) in [7, 11) is 0. The summed E-state index contributed by atoms with van der Waals surface area (Å²) in [5.74, 6) is 1.54. The Hall–Kier alpha value is -0.900. The molecule has 2 saturated carbocycles. The zero-order valence-corrected chi connectivity index (χ0v) is 10.8. The van der Waals surface area contributed by atoms with E-state index < -0.39 is 0 Å². The summed E-state index contributed by atoms with van der Waals surface area (Å²) in [4.78, 5) is 16.3. The van der Waals surface area contributed by atoms with Crippen LogP contribution in [0, 0.1) is 17.8 Å². The number of nitrogens with zero attached hydrogens (tertiary/aromatic N) is 1. The molecule has 1 heterocycles. The lowest BCUT2D eigenvalue weighted by molar-refractivity contribution is -0.155. The minimum absolute atomic E-state index is 0.0000926. The molecule has 2 bridgehead atoms. The summed E-state index contributed by atoms with van der Waals surface area (Å²) < 4.78 is 5.54. The van der Waals surface area contributed by atoms with Crippen LogP contribution in [0.25, 0.3) is 0 Å². The van der Waals surface area contributed by atoms with Crippen LogP contribution in [0.2, 0.25) is 0 Å².